The zero-order chi connectivity index (χ0) is 24.0. The van der Waals surface area contributed by atoms with Crippen LogP contribution in [-0.2, 0) is 25.3 Å². The van der Waals surface area contributed by atoms with Crippen molar-refractivity contribution < 1.29 is 28.2 Å². The number of nitrogens with one attached hydrogen (secondary N) is 1. The Morgan fingerprint density at radius 2 is 1.68 bits per heavy atom. The van der Waals surface area contributed by atoms with E-state index in [4.69, 9.17) is 18.6 Å². The summed E-state index contributed by atoms with van der Waals surface area (Å²) < 4.78 is 22.1. The highest BCUT2D eigenvalue weighted by atomic mass is 28.4. The second-order valence-electron chi connectivity index (χ2n) is 10.1. The first-order valence-electron chi connectivity index (χ1n) is 10.5. The Balaban J connectivity index is 3.03. The molecule has 0 saturated carbocycles. The van der Waals surface area contributed by atoms with Crippen molar-refractivity contribution in [2.24, 2.45) is 0 Å². The molecule has 0 spiro atoms. The molecule has 1 amide bonds. The Morgan fingerprint density at radius 3 is 2.16 bits per heavy atom. The van der Waals surface area contributed by atoms with Gasteiger partial charge in [0.15, 0.2) is 8.32 Å². The highest BCUT2D eigenvalue weighted by molar-refractivity contribution is 6.74. The number of alkyl carbamates (subject to hydrolysis) is 1. The lowest BCUT2D eigenvalue weighted by atomic mass is 9.97. The molecular weight excluding hydrogens is 414 g/mol. The molecular formula is C23H39NO6Si. The van der Waals surface area contributed by atoms with Gasteiger partial charge >= 0.3 is 12.1 Å². The van der Waals surface area contributed by atoms with E-state index in [2.05, 4.69) is 39.2 Å². The minimum absolute atomic E-state index is 0.0462. The van der Waals surface area contributed by atoms with E-state index in [1.165, 1.54) is 7.11 Å². The van der Waals surface area contributed by atoms with E-state index in [1.54, 1.807) is 33.9 Å². The van der Waals surface area contributed by atoms with E-state index in [0.29, 0.717) is 17.9 Å². The molecule has 1 aromatic carbocycles. The molecule has 0 aliphatic rings. The molecule has 8 heteroatoms. The van der Waals surface area contributed by atoms with E-state index in [-0.39, 0.29) is 11.6 Å². The zero-order valence-corrected chi connectivity index (χ0v) is 21.7. The zero-order valence-electron chi connectivity index (χ0n) is 20.7. The highest BCUT2D eigenvalue weighted by Gasteiger charge is 2.37. The lowest BCUT2D eigenvalue weighted by Gasteiger charge is -2.36. The summed E-state index contributed by atoms with van der Waals surface area (Å²) in [7, 11) is 0.987. The fraction of sp³-hybridized carbons (Fsp3) is 0.652. The third kappa shape index (κ3) is 8.18. The summed E-state index contributed by atoms with van der Waals surface area (Å²) in [6, 6.07) is 5.53. The van der Waals surface area contributed by atoms with Crippen LogP contribution in [0.1, 0.15) is 58.6 Å². The van der Waals surface area contributed by atoms with Gasteiger partial charge in [0.25, 0.3) is 0 Å². The van der Waals surface area contributed by atoms with E-state index in [1.807, 2.05) is 12.1 Å². The molecule has 176 valence electrons. The fourth-order valence-corrected chi connectivity index (χ4v) is 3.50. The Hall–Kier alpha value is -2.06. The van der Waals surface area contributed by atoms with Crippen molar-refractivity contribution >= 4 is 20.4 Å². The molecule has 1 N–H and O–H groups in total. The van der Waals surface area contributed by atoms with E-state index >= 15 is 0 Å². The van der Waals surface area contributed by atoms with Crippen molar-refractivity contribution in [3.05, 3.63) is 29.3 Å². The smallest absolute Gasteiger partial charge is 0.407 e. The molecule has 1 unspecified atom stereocenters. The summed E-state index contributed by atoms with van der Waals surface area (Å²) in [6.07, 6.45) is -0.590. The summed E-state index contributed by atoms with van der Waals surface area (Å²) in [4.78, 5) is 24.4. The van der Waals surface area contributed by atoms with Crippen LogP contribution in [0, 0.1) is 0 Å². The number of methoxy groups -OCH3 is 2. The standard InChI is InChI=1S/C23H39NO6Si/c1-22(2,3)30-21(26)24-14-18(20(25)28-8)16-11-12-17(19(13-16)27-7)15-29-31(9,10)23(4,5)6/h11-13,18H,14-15H2,1-10H3,(H,24,26). The topological polar surface area (TPSA) is 83.1 Å². The van der Waals surface area contributed by atoms with Crippen LogP contribution in [0.3, 0.4) is 0 Å². The molecule has 1 rings (SSSR count). The molecule has 1 aromatic rings. The van der Waals surface area contributed by atoms with Gasteiger partial charge in [0.05, 0.1) is 26.7 Å². The van der Waals surface area contributed by atoms with Gasteiger partial charge in [-0.15, -0.1) is 0 Å². The van der Waals surface area contributed by atoms with Crippen molar-refractivity contribution in [1.29, 1.82) is 0 Å². The third-order valence-electron chi connectivity index (χ3n) is 5.44. The number of carbonyl (C=O) groups excluding carboxylic acids is 2. The Labute approximate surface area is 187 Å². The summed E-state index contributed by atoms with van der Waals surface area (Å²) in [6.45, 7) is 16.8. The van der Waals surface area contributed by atoms with Gasteiger partial charge in [0.2, 0.25) is 0 Å². The minimum atomic E-state index is -1.92. The van der Waals surface area contributed by atoms with Gasteiger partial charge in [0, 0.05) is 12.1 Å². The average molecular weight is 454 g/mol. The molecule has 31 heavy (non-hydrogen) atoms. The molecule has 0 fully saturated rings. The molecule has 7 nitrogen and oxygen atoms in total. The lowest BCUT2D eigenvalue weighted by molar-refractivity contribution is -0.142. The third-order valence-corrected chi connectivity index (χ3v) is 9.92. The SMILES string of the molecule is COC(=O)C(CNC(=O)OC(C)(C)C)c1ccc(CO[Si](C)(C)C(C)(C)C)c(OC)c1. The Bertz CT molecular complexity index is 764. The summed E-state index contributed by atoms with van der Waals surface area (Å²) in [5, 5.41) is 2.75. The van der Waals surface area contributed by atoms with Crippen molar-refractivity contribution in [1.82, 2.24) is 5.32 Å². The van der Waals surface area contributed by atoms with Crippen molar-refractivity contribution in [3.63, 3.8) is 0 Å². The summed E-state index contributed by atoms with van der Waals surface area (Å²) in [5.74, 6) is -0.521. The number of hydrogen-bond donors (Lipinski definition) is 1. The Kier molecular flexibility index (Phi) is 9.14. The monoisotopic (exact) mass is 453 g/mol. The van der Waals surface area contributed by atoms with Crippen LogP contribution in [-0.4, -0.2) is 46.7 Å². The molecule has 0 aromatic heterocycles. The van der Waals surface area contributed by atoms with Crippen molar-refractivity contribution in [2.45, 2.75) is 77.8 Å². The highest BCUT2D eigenvalue weighted by Crippen LogP contribution is 2.38. The number of ether oxygens (including phenoxy) is 3. The van der Waals surface area contributed by atoms with Crippen LogP contribution < -0.4 is 10.1 Å². The predicted octanol–water partition coefficient (Wildman–Crippen LogP) is 5.00. The van der Waals surface area contributed by atoms with Gasteiger partial charge in [-0.3, -0.25) is 4.79 Å². The number of hydrogen-bond acceptors (Lipinski definition) is 6. The maximum Gasteiger partial charge on any atom is 0.407 e. The van der Waals surface area contributed by atoms with E-state index in [0.717, 1.165) is 5.56 Å². The largest absolute Gasteiger partial charge is 0.496 e. The van der Waals surface area contributed by atoms with Gasteiger partial charge in [-0.2, -0.15) is 0 Å². The number of rotatable bonds is 8. The van der Waals surface area contributed by atoms with Gasteiger partial charge < -0.3 is 24.0 Å². The second-order valence-corrected chi connectivity index (χ2v) is 14.9. The fourth-order valence-electron chi connectivity index (χ4n) is 2.55. The van der Waals surface area contributed by atoms with Crippen LogP contribution in [0.4, 0.5) is 4.79 Å². The van der Waals surface area contributed by atoms with E-state index in [9.17, 15) is 9.59 Å². The molecule has 0 saturated heterocycles. The maximum absolute atomic E-state index is 12.4. The Morgan fingerprint density at radius 1 is 1.06 bits per heavy atom. The molecule has 0 aliphatic heterocycles. The first-order chi connectivity index (χ1) is 14.1. The average Bonchev–Trinajstić information content (AvgIpc) is 2.64. The normalized spacial score (nSPS) is 13.4. The van der Waals surface area contributed by atoms with Crippen LogP contribution in [0.15, 0.2) is 18.2 Å². The minimum Gasteiger partial charge on any atom is -0.496 e. The van der Waals surface area contributed by atoms with Crippen LogP contribution in [0.2, 0.25) is 18.1 Å². The van der Waals surface area contributed by atoms with Crippen molar-refractivity contribution in [2.75, 3.05) is 20.8 Å². The van der Waals surface area contributed by atoms with Crippen LogP contribution in [0.5, 0.6) is 5.75 Å². The van der Waals surface area contributed by atoms with Gasteiger partial charge in [-0.05, 0) is 50.5 Å². The molecule has 0 aliphatic carbocycles. The number of carbonyl (C=O) groups is 2. The van der Waals surface area contributed by atoms with Crippen LogP contribution in [0.25, 0.3) is 0 Å². The summed E-state index contributed by atoms with van der Waals surface area (Å²) in [5.41, 5.74) is 0.954. The molecule has 1 atom stereocenters. The first kappa shape index (κ1) is 27.0. The molecule has 0 bridgehead atoms. The molecule has 0 heterocycles. The first-order valence-corrected chi connectivity index (χ1v) is 13.4. The van der Waals surface area contributed by atoms with Gasteiger partial charge in [-0.25, -0.2) is 4.79 Å². The number of benzene rings is 1. The van der Waals surface area contributed by atoms with Crippen LogP contribution >= 0.6 is 0 Å². The quantitative estimate of drug-likeness (QED) is 0.441. The maximum atomic E-state index is 12.4. The lowest BCUT2D eigenvalue weighted by Crippen LogP contribution is -2.40. The molecule has 0 radical (unpaired) electrons. The number of amides is 1. The summed E-state index contributed by atoms with van der Waals surface area (Å²) >= 11 is 0. The number of esters is 1. The van der Waals surface area contributed by atoms with Gasteiger partial charge in [0.1, 0.15) is 11.4 Å². The predicted molar refractivity (Wildman–Crippen MR) is 124 cm³/mol. The van der Waals surface area contributed by atoms with Gasteiger partial charge in [-0.1, -0.05) is 32.9 Å². The van der Waals surface area contributed by atoms with Crippen molar-refractivity contribution in [3.8, 4) is 5.75 Å². The van der Waals surface area contributed by atoms with E-state index < -0.39 is 31.9 Å². The second kappa shape index (κ2) is 10.5.